The minimum Gasteiger partial charge on any atom is -0.338 e. The fourth-order valence-electron chi connectivity index (χ4n) is 4.31. The molecule has 8 heteroatoms. The van der Waals surface area contributed by atoms with Crippen molar-refractivity contribution in [3.05, 3.63) is 87.0 Å². The SMILES string of the molecule is Cc1ccc(Cn2nnc3c(=O)[nH]c([C@H]4CCCN(C(=O)c5ccc(C)cc5)C4)nc32)cc1. The van der Waals surface area contributed by atoms with Crippen molar-refractivity contribution in [2.75, 3.05) is 13.1 Å². The molecule has 2 aromatic heterocycles. The number of aromatic amines is 1. The highest BCUT2D eigenvalue weighted by Crippen LogP contribution is 2.26. The van der Waals surface area contributed by atoms with Crippen LogP contribution in [-0.4, -0.2) is 48.9 Å². The van der Waals surface area contributed by atoms with Gasteiger partial charge in [-0.1, -0.05) is 52.7 Å². The van der Waals surface area contributed by atoms with Gasteiger partial charge in [-0.2, -0.15) is 0 Å². The van der Waals surface area contributed by atoms with Gasteiger partial charge < -0.3 is 9.88 Å². The van der Waals surface area contributed by atoms with Gasteiger partial charge in [0.15, 0.2) is 11.2 Å². The zero-order valence-corrected chi connectivity index (χ0v) is 18.8. The Morgan fingerprint density at radius 2 is 1.76 bits per heavy atom. The summed E-state index contributed by atoms with van der Waals surface area (Å²) >= 11 is 0. The molecule has 1 atom stereocenters. The van der Waals surface area contributed by atoms with Gasteiger partial charge in [-0.3, -0.25) is 9.59 Å². The molecular formula is C25H26N6O2. The van der Waals surface area contributed by atoms with Crippen LogP contribution in [0.15, 0.2) is 53.3 Å². The smallest absolute Gasteiger partial charge is 0.281 e. The van der Waals surface area contributed by atoms with Crippen LogP contribution in [0.5, 0.6) is 0 Å². The molecule has 5 rings (SSSR count). The zero-order chi connectivity index (χ0) is 22.9. The van der Waals surface area contributed by atoms with Crippen LogP contribution in [0.25, 0.3) is 11.2 Å². The lowest BCUT2D eigenvalue weighted by Gasteiger charge is -2.32. The van der Waals surface area contributed by atoms with E-state index in [2.05, 4.69) is 15.3 Å². The number of nitrogens with one attached hydrogen (secondary N) is 1. The summed E-state index contributed by atoms with van der Waals surface area (Å²) in [5.41, 5.74) is 4.44. The maximum atomic E-state index is 13.0. The highest BCUT2D eigenvalue weighted by molar-refractivity contribution is 5.94. The summed E-state index contributed by atoms with van der Waals surface area (Å²) in [5.74, 6) is 0.545. The van der Waals surface area contributed by atoms with Crippen molar-refractivity contribution in [1.29, 1.82) is 0 Å². The van der Waals surface area contributed by atoms with E-state index in [0.717, 1.165) is 24.0 Å². The van der Waals surface area contributed by atoms with Crippen molar-refractivity contribution < 1.29 is 4.79 Å². The number of benzene rings is 2. The van der Waals surface area contributed by atoms with Crippen LogP contribution in [0.1, 0.15) is 51.6 Å². The van der Waals surface area contributed by atoms with Crippen LogP contribution in [0.2, 0.25) is 0 Å². The Morgan fingerprint density at radius 3 is 2.48 bits per heavy atom. The predicted molar refractivity (Wildman–Crippen MR) is 125 cm³/mol. The summed E-state index contributed by atoms with van der Waals surface area (Å²) < 4.78 is 1.66. The second-order valence-electron chi connectivity index (χ2n) is 8.81. The number of nitrogens with zero attached hydrogens (tertiary/aromatic N) is 5. The predicted octanol–water partition coefficient (Wildman–Crippen LogP) is 3.20. The fourth-order valence-corrected chi connectivity index (χ4v) is 4.31. The van der Waals surface area contributed by atoms with Crippen LogP contribution < -0.4 is 5.56 Å². The maximum Gasteiger partial charge on any atom is 0.281 e. The molecule has 3 heterocycles. The van der Waals surface area contributed by atoms with E-state index < -0.39 is 0 Å². The molecule has 1 saturated heterocycles. The highest BCUT2D eigenvalue weighted by atomic mass is 16.2. The lowest BCUT2D eigenvalue weighted by atomic mass is 9.96. The zero-order valence-electron chi connectivity index (χ0n) is 18.8. The summed E-state index contributed by atoms with van der Waals surface area (Å²) in [6, 6.07) is 15.8. The number of amides is 1. The molecule has 33 heavy (non-hydrogen) atoms. The molecule has 1 amide bonds. The molecule has 1 aliphatic heterocycles. The normalized spacial score (nSPS) is 16.3. The summed E-state index contributed by atoms with van der Waals surface area (Å²) in [6.45, 7) is 5.74. The van der Waals surface area contributed by atoms with E-state index in [4.69, 9.17) is 4.98 Å². The first-order chi connectivity index (χ1) is 16.0. The average Bonchev–Trinajstić information content (AvgIpc) is 3.24. The van der Waals surface area contributed by atoms with Crippen molar-refractivity contribution in [3.8, 4) is 0 Å². The minimum absolute atomic E-state index is 0.00852. The fraction of sp³-hybridized carbons (Fsp3) is 0.320. The standard InChI is InChI=1S/C25H26N6O2/c1-16-5-9-18(10-6-16)14-31-23-21(28-29-31)24(32)27-22(26-23)20-4-3-13-30(15-20)25(33)19-11-7-17(2)8-12-19/h5-12,20H,3-4,13-15H2,1-2H3,(H,26,27,32)/t20-/m0/s1. The summed E-state index contributed by atoms with van der Waals surface area (Å²) in [4.78, 5) is 35.2. The van der Waals surface area contributed by atoms with Gasteiger partial charge >= 0.3 is 0 Å². The van der Waals surface area contributed by atoms with Crippen molar-refractivity contribution in [1.82, 2.24) is 29.9 Å². The highest BCUT2D eigenvalue weighted by Gasteiger charge is 2.28. The first-order valence-corrected chi connectivity index (χ1v) is 11.2. The molecule has 0 spiro atoms. The third kappa shape index (κ3) is 4.28. The third-order valence-corrected chi connectivity index (χ3v) is 6.24. The van der Waals surface area contributed by atoms with Gasteiger partial charge in [0.1, 0.15) is 5.82 Å². The number of carbonyl (C=O) groups excluding carboxylic acids is 1. The molecule has 2 aromatic carbocycles. The third-order valence-electron chi connectivity index (χ3n) is 6.24. The molecule has 0 radical (unpaired) electrons. The van der Waals surface area contributed by atoms with Gasteiger partial charge in [0.25, 0.3) is 11.5 Å². The number of piperidine rings is 1. The van der Waals surface area contributed by atoms with E-state index in [0.29, 0.717) is 36.7 Å². The number of likely N-dealkylation sites (tertiary alicyclic amines) is 1. The monoisotopic (exact) mass is 442 g/mol. The number of aryl methyl sites for hydroxylation is 2. The van der Waals surface area contributed by atoms with Gasteiger partial charge in [0.2, 0.25) is 0 Å². The molecule has 0 aliphatic carbocycles. The number of fused-ring (bicyclic) bond motifs is 1. The van der Waals surface area contributed by atoms with E-state index in [1.54, 1.807) is 4.68 Å². The summed E-state index contributed by atoms with van der Waals surface area (Å²) in [7, 11) is 0. The molecule has 1 fully saturated rings. The van der Waals surface area contributed by atoms with E-state index in [1.807, 2.05) is 67.3 Å². The van der Waals surface area contributed by atoms with Gasteiger partial charge in [-0.05, 0) is 44.4 Å². The number of H-pyrrole nitrogens is 1. The number of aromatic nitrogens is 5. The number of hydrogen-bond acceptors (Lipinski definition) is 5. The van der Waals surface area contributed by atoms with Crippen LogP contribution in [0.4, 0.5) is 0 Å². The Kier molecular flexibility index (Phi) is 5.50. The van der Waals surface area contributed by atoms with E-state index in [-0.39, 0.29) is 22.9 Å². The molecule has 1 aliphatic rings. The minimum atomic E-state index is -0.299. The topological polar surface area (TPSA) is 96.8 Å². The van der Waals surface area contributed by atoms with Gasteiger partial charge in [0, 0.05) is 24.6 Å². The van der Waals surface area contributed by atoms with E-state index in [1.165, 1.54) is 5.56 Å². The van der Waals surface area contributed by atoms with Crippen molar-refractivity contribution in [2.45, 2.75) is 39.2 Å². The van der Waals surface area contributed by atoms with E-state index in [9.17, 15) is 9.59 Å². The lowest BCUT2D eigenvalue weighted by Crippen LogP contribution is -2.40. The van der Waals surface area contributed by atoms with Gasteiger partial charge in [-0.25, -0.2) is 9.67 Å². The first-order valence-electron chi connectivity index (χ1n) is 11.2. The quantitative estimate of drug-likeness (QED) is 0.524. The van der Waals surface area contributed by atoms with Gasteiger partial charge in [0.05, 0.1) is 6.54 Å². The second kappa shape index (κ2) is 8.61. The van der Waals surface area contributed by atoms with Crippen LogP contribution in [-0.2, 0) is 6.54 Å². The Bertz CT molecular complexity index is 1350. The Morgan fingerprint density at radius 1 is 1.06 bits per heavy atom. The Balaban J connectivity index is 1.41. The average molecular weight is 443 g/mol. The number of rotatable bonds is 4. The Hall–Kier alpha value is -3.81. The van der Waals surface area contributed by atoms with Crippen LogP contribution in [0.3, 0.4) is 0 Å². The number of hydrogen-bond donors (Lipinski definition) is 1. The van der Waals surface area contributed by atoms with Crippen LogP contribution >= 0.6 is 0 Å². The molecule has 1 N–H and O–H groups in total. The second-order valence-corrected chi connectivity index (χ2v) is 8.81. The maximum absolute atomic E-state index is 13.0. The number of carbonyl (C=O) groups is 1. The Labute approximate surface area is 191 Å². The summed E-state index contributed by atoms with van der Waals surface area (Å²) in [6.07, 6.45) is 1.70. The van der Waals surface area contributed by atoms with Crippen molar-refractivity contribution in [2.24, 2.45) is 0 Å². The van der Waals surface area contributed by atoms with Crippen molar-refractivity contribution in [3.63, 3.8) is 0 Å². The molecule has 0 unspecified atom stereocenters. The summed E-state index contributed by atoms with van der Waals surface area (Å²) in [5, 5.41) is 8.22. The molecule has 168 valence electrons. The van der Waals surface area contributed by atoms with Gasteiger partial charge in [-0.15, -0.1) is 5.10 Å². The molecule has 8 nitrogen and oxygen atoms in total. The largest absolute Gasteiger partial charge is 0.338 e. The molecule has 0 saturated carbocycles. The molecule has 0 bridgehead atoms. The first kappa shape index (κ1) is 21.1. The van der Waals surface area contributed by atoms with Crippen LogP contribution in [0, 0.1) is 13.8 Å². The molecule has 4 aromatic rings. The lowest BCUT2D eigenvalue weighted by molar-refractivity contribution is 0.0704. The van der Waals surface area contributed by atoms with E-state index >= 15 is 0 Å². The van der Waals surface area contributed by atoms with Crippen molar-refractivity contribution >= 4 is 17.1 Å². The molecular weight excluding hydrogens is 416 g/mol.